The van der Waals surface area contributed by atoms with E-state index >= 15 is 0 Å². The van der Waals surface area contributed by atoms with Crippen LogP contribution in [0.3, 0.4) is 0 Å². The van der Waals surface area contributed by atoms with E-state index < -0.39 is 19.7 Å². The van der Waals surface area contributed by atoms with Gasteiger partial charge in [0.05, 0.1) is 13.2 Å². The van der Waals surface area contributed by atoms with E-state index in [1.165, 1.54) is 18.9 Å². The highest BCUT2D eigenvalue weighted by molar-refractivity contribution is 8.23. The Morgan fingerprint density at radius 1 is 1.46 bits per heavy atom. The predicted octanol–water partition coefficient (Wildman–Crippen LogP) is 4.34. The number of carbonyl (C=O) groups is 1. The maximum atomic E-state index is 13.9. The maximum Gasteiger partial charge on any atom is 0.421 e. The minimum atomic E-state index is -3.74. The minimum Gasteiger partial charge on any atom is -0.468 e. The Balaban J connectivity index is 2.41. The minimum absolute atomic E-state index is 0.0881. The third-order valence-corrected chi connectivity index (χ3v) is 8.11. The van der Waals surface area contributed by atoms with Crippen molar-refractivity contribution in [2.24, 2.45) is 5.92 Å². The highest BCUT2D eigenvalue weighted by atomic mass is 35.5. The molecule has 144 valence electrons. The van der Waals surface area contributed by atoms with Crippen molar-refractivity contribution in [3.63, 3.8) is 0 Å². The van der Waals surface area contributed by atoms with Gasteiger partial charge in [-0.25, -0.2) is 9.65 Å². The number of esters is 1. The van der Waals surface area contributed by atoms with Gasteiger partial charge in [0.2, 0.25) is 0 Å². The van der Waals surface area contributed by atoms with Gasteiger partial charge in [0, 0.05) is 10.8 Å². The zero-order valence-electron chi connectivity index (χ0n) is 15.0. The number of benzene rings is 1. The molecule has 0 unspecified atom stereocenters. The first kappa shape index (κ1) is 21.5. The van der Waals surface area contributed by atoms with Gasteiger partial charge >= 0.3 is 13.6 Å². The molecule has 0 radical (unpaired) electrons. The Bertz CT molecular complexity index is 734. The van der Waals surface area contributed by atoms with Crippen LogP contribution in [-0.2, 0) is 14.1 Å². The van der Waals surface area contributed by atoms with Gasteiger partial charge in [0.25, 0.3) is 0 Å². The van der Waals surface area contributed by atoms with E-state index in [0.717, 1.165) is 0 Å². The second-order valence-corrected chi connectivity index (χ2v) is 10.2. The summed E-state index contributed by atoms with van der Waals surface area (Å²) in [5.74, 6) is 0.675. The molecule has 0 aromatic heterocycles. The van der Waals surface area contributed by atoms with Crippen molar-refractivity contribution in [2.75, 3.05) is 12.9 Å². The van der Waals surface area contributed by atoms with E-state index in [1.54, 1.807) is 35.9 Å². The van der Waals surface area contributed by atoms with Crippen molar-refractivity contribution < 1.29 is 18.6 Å². The van der Waals surface area contributed by atoms with Crippen LogP contribution in [0.15, 0.2) is 24.3 Å². The standard InChI is InChI=1S/C16H22ClN2O4PS2/c1-10(2)14-9-26-16(25)19(14)24(21,18-11(3)15(20)22-4)23-13-7-5-6-12(17)8-13/h5-8,10-11,14H,9H2,1-4H3,(H,18,21)/t11-,14+,24+/m0/s1. The number of thioether (sulfide) groups is 1. The molecular weight excluding hydrogens is 415 g/mol. The molecule has 0 bridgehead atoms. The van der Waals surface area contributed by atoms with Crippen LogP contribution in [0.1, 0.15) is 20.8 Å². The van der Waals surface area contributed by atoms with Crippen molar-refractivity contribution in [3.8, 4) is 5.75 Å². The molecule has 1 aromatic carbocycles. The average molecular weight is 437 g/mol. The second-order valence-electron chi connectivity index (χ2n) is 6.18. The number of carbonyl (C=O) groups excluding carboxylic acids is 1. The molecule has 1 aromatic rings. The fraction of sp³-hybridized carbons (Fsp3) is 0.500. The number of rotatable bonds is 7. The molecule has 1 saturated heterocycles. The number of nitrogens with zero attached hydrogens (tertiary/aromatic N) is 1. The molecule has 26 heavy (non-hydrogen) atoms. The summed E-state index contributed by atoms with van der Waals surface area (Å²) < 4.78 is 26.6. The fourth-order valence-electron chi connectivity index (χ4n) is 2.48. The van der Waals surface area contributed by atoms with Crippen molar-refractivity contribution in [2.45, 2.75) is 32.9 Å². The van der Waals surface area contributed by atoms with Crippen LogP contribution in [-0.4, -0.2) is 39.9 Å². The van der Waals surface area contributed by atoms with E-state index in [1.807, 2.05) is 13.8 Å². The molecular formula is C16H22ClN2O4PS2. The van der Waals surface area contributed by atoms with Crippen molar-refractivity contribution in [1.82, 2.24) is 9.76 Å². The van der Waals surface area contributed by atoms with Gasteiger partial charge in [-0.2, -0.15) is 0 Å². The number of ether oxygens (including phenoxy) is 1. The molecule has 10 heteroatoms. The summed E-state index contributed by atoms with van der Waals surface area (Å²) in [6.45, 7) is 5.62. The van der Waals surface area contributed by atoms with E-state index in [-0.39, 0.29) is 12.0 Å². The first-order valence-electron chi connectivity index (χ1n) is 8.05. The molecule has 1 heterocycles. The lowest BCUT2D eigenvalue weighted by molar-refractivity contribution is -0.142. The molecule has 6 nitrogen and oxygen atoms in total. The first-order valence-corrected chi connectivity index (χ1v) is 11.4. The summed E-state index contributed by atoms with van der Waals surface area (Å²) in [6.07, 6.45) is 0. The van der Waals surface area contributed by atoms with Gasteiger partial charge in [-0.1, -0.05) is 55.5 Å². The van der Waals surface area contributed by atoms with E-state index in [9.17, 15) is 9.36 Å². The Morgan fingerprint density at radius 3 is 2.73 bits per heavy atom. The number of thiocarbonyl (C=S) groups is 1. The van der Waals surface area contributed by atoms with Gasteiger partial charge < -0.3 is 9.26 Å². The number of hydrogen-bond donors (Lipinski definition) is 1. The van der Waals surface area contributed by atoms with Gasteiger partial charge in [-0.05, 0) is 31.0 Å². The van der Waals surface area contributed by atoms with Gasteiger partial charge in [-0.15, -0.1) is 0 Å². The molecule has 0 aliphatic carbocycles. The number of hydrogen-bond acceptors (Lipinski definition) is 6. The molecule has 1 aliphatic rings. The van der Waals surface area contributed by atoms with Crippen molar-refractivity contribution >= 4 is 53.5 Å². The van der Waals surface area contributed by atoms with Crippen LogP contribution in [0.2, 0.25) is 5.02 Å². The van der Waals surface area contributed by atoms with Gasteiger partial charge in [0.1, 0.15) is 16.1 Å². The average Bonchev–Trinajstić information content (AvgIpc) is 2.96. The van der Waals surface area contributed by atoms with Crippen LogP contribution < -0.4 is 9.61 Å². The summed E-state index contributed by atoms with van der Waals surface area (Å²) in [7, 11) is -2.46. The Hall–Kier alpha value is -0.790. The van der Waals surface area contributed by atoms with Crippen molar-refractivity contribution in [1.29, 1.82) is 0 Å². The Kier molecular flexibility index (Phi) is 7.39. The smallest absolute Gasteiger partial charge is 0.421 e. The molecule has 2 rings (SSSR count). The van der Waals surface area contributed by atoms with Crippen LogP contribution in [0.4, 0.5) is 0 Å². The van der Waals surface area contributed by atoms with Crippen LogP contribution in [0.25, 0.3) is 0 Å². The van der Waals surface area contributed by atoms with Gasteiger partial charge in [0.15, 0.2) is 0 Å². The summed E-state index contributed by atoms with van der Waals surface area (Å²) >= 11 is 12.9. The lowest BCUT2D eigenvalue weighted by Crippen LogP contribution is -2.44. The highest BCUT2D eigenvalue weighted by Gasteiger charge is 2.47. The quantitative estimate of drug-likeness (QED) is 0.384. The lowest BCUT2D eigenvalue weighted by atomic mass is 10.1. The lowest BCUT2D eigenvalue weighted by Gasteiger charge is -2.35. The zero-order valence-corrected chi connectivity index (χ0v) is 18.3. The van der Waals surface area contributed by atoms with Crippen LogP contribution in [0.5, 0.6) is 5.75 Å². The zero-order chi connectivity index (χ0) is 19.5. The summed E-state index contributed by atoms with van der Waals surface area (Å²) in [6, 6.07) is 5.68. The highest BCUT2D eigenvalue weighted by Crippen LogP contribution is 2.54. The van der Waals surface area contributed by atoms with E-state index in [2.05, 4.69) is 5.09 Å². The molecule has 3 atom stereocenters. The van der Waals surface area contributed by atoms with Crippen LogP contribution in [0, 0.1) is 5.92 Å². The fourth-order valence-corrected chi connectivity index (χ4v) is 7.26. The molecule has 1 fully saturated rings. The largest absolute Gasteiger partial charge is 0.468 e. The molecule has 1 N–H and O–H groups in total. The van der Waals surface area contributed by atoms with Crippen molar-refractivity contribution in [3.05, 3.63) is 29.3 Å². The Morgan fingerprint density at radius 2 is 2.15 bits per heavy atom. The molecule has 0 saturated carbocycles. The molecule has 1 aliphatic heterocycles. The summed E-state index contributed by atoms with van der Waals surface area (Å²) in [4.78, 5) is 11.9. The third kappa shape index (κ3) is 4.93. The molecule has 0 amide bonds. The van der Waals surface area contributed by atoms with Crippen LogP contribution >= 0.6 is 43.3 Å². The normalized spacial score (nSPS) is 20.8. The van der Waals surface area contributed by atoms with E-state index in [4.69, 9.17) is 33.1 Å². The first-order chi connectivity index (χ1) is 12.2. The number of methoxy groups -OCH3 is 1. The topological polar surface area (TPSA) is 67.9 Å². The summed E-state index contributed by atoms with van der Waals surface area (Å²) in [5, 5.41) is 3.26. The number of halogens is 1. The molecule has 0 spiro atoms. The second kappa shape index (κ2) is 8.93. The Labute approximate surface area is 168 Å². The summed E-state index contributed by atoms with van der Waals surface area (Å²) in [5.41, 5.74) is 0. The van der Waals surface area contributed by atoms with Gasteiger partial charge in [-0.3, -0.25) is 9.46 Å². The monoisotopic (exact) mass is 436 g/mol. The third-order valence-electron chi connectivity index (χ3n) is 3.87. The van der Waals surface area contributed by atoms with E-state index in [0.29, 0.717) is 20.8 Å². The number of nitrogens with one attached hydrogen (secondary N) is 1. The maximum absolute atomic E-state index is 13.9. The predicted molar refractivity (Wildman–Crippen MR) is 110 cm³/mol. The SMILES string of the molecule is COC(=O)[C@H](C)N[P@@](=O)(Oc1cccc(Cl)c1)N1C(=S)SC[C@@H]1C(C)C.